The maximum absolute atomic E-state index is 5.36. The van der Waals surface area contributed by atoms with Crippen LogP contribution < -0.4 is 0 Å². The zero-order valence-corrected chi connectivity index (χ0v) is 35.8. The number of aromatic nitrogens is 1. The summed E-state index contributed by atoms with van der Waals surface area (Å²) >= 11 is 0. The topological polar surface area (TPSA) is 12.9 Å². The summed E-state index contributed by atoms with van der Waals surface area (Å²) in [7, 11) is 0. The Kier molecular flexibility index (Phi) is 9.46. The molecule has 1 heterocycles. The molecular weight excluding hydrogens is 783 g/mol. The fourth-order valence-corrected chi connectivity index (χ4v) is 10.3. The molecule has 12 rings (SSSR count). The van der Waals surface area contributed by atoms with Crippen molar-refractivity contribution in [2.45, 2.75) is 5.41 Å². The predicted molar refractivity (Wildman–Crippen MR) is 272 cm³/mol. The van der Waals surface area contributed by atoms with Gasteiger partial charge in [-0.2, -0.15) is 0 Å². The molecule has 0 unspecified atom stereocenters. The van der Waals surface area contributed by atoms with Crippen LogP contribution in [0.2, 0.25) is 0 Å². The molecule has 0 fully saturated rings. The molecule has 304 valence electrons. The first-order valence-corrected chi connectivity index (χ1v) is 22.4. The molecule has 0 saturated carbocycles. The second-order valence-electron chi connectivity index (χ2n) is 17.0. The molecule has 1 heteroatoms. The lowest BCUT2D eigenvalue weighted by atomic mass is 9.66. The molecule has 11 aromatic rings. The minimum atomic E-state index is -0.525. The highest BCUT2D eigenvalue weighted by Crippen LogP contribution is 2.60. The molecular formula is C64H43N. The van der Waals surface area contributed by atoms with Crippen LogP contribution in [0.15, 0.2) is 261 Å². The third-order valence-corrected chi connectivity index (χ3v) is 13.3. The molecule has 0 radical (unpaired) electrons. The van der Waals surface area contributed by atoms with Crippen LogP contribution in [0, 0.1) is 0 Å². The van der Waals surface area contributed by atoms with E-state index in [1.807, 2.05) is 0 Å². The summed E-state index contributed by atoms with van der Waals surface area (Å²) in [5.41, 5.74) is 20.6. The quantitative estimate of drug-likeness (QED) is 0.149. The number of benzene rings is 10. The highest BCUT2D eigenvalue weighted by atomic mass is 14.7. The van der Waals surface area contributed by atoms with E-state index in [1.165, 1.54) is 77.5 Å². The van der Waals surface area contributed by atoms with Gasteiger partial charge in [-0.1, -0.05) is 237 Å². The Bertz CT molecular complexity index is 3340. The van der Waals surface area contributed by atoms with Crippen molar-refractivity contribution < 1.29 is 0 Å². The first-order chi connectivity index (χ1) is 32.2. The van der Waals surface area contributed by atoms with Crippen LogP contribution in [0.25, 0.3) is 88.9 Å². The minimum Gasteiger partial charge on any atom is -0.248 e. The van der Waals surface area contributed by atoms with Crippen LogP contribution in [-0.2, 0) is 5.41 Å². The molecule has 0 saturated heterocycles. The Balaban J connectivity index is 1.05. The van der Waals surface area contributed by atoms with Gasteiger partial charge in [0.05, 0.1) is 16.8 Å². The monoisotopic (exact) mass is 825 g/mol. The van der Waals surface area contributed by atoms with Crippen molar-refractivity contribution in [3.63, 3.8) is 0 Å². The summed E-state index contributed by atoms with van der Waals surface area (Å²) in [6.45, 7) is 0. The Morgan fingerprint density at radius 1 is 0.277 bits per heavy atom. The number of pyridine rings is 1. The van der Waals surface area contributed by atoms with E-state index in [0.29, 0.717) is 0 Å². The highest BCUT2D eigenvalue weighted by molar-refractivity contribution is 6.07. The van der Waals surface area contributed by atoms with E-state index in [-0.39, 0.29) is 0 Å². The van der Waals surface area contributed by atoms with Gasteiger partial charge in [-0.15, -0.1) is 0 Å². The largest absolute Gasteiger partial charge is 0.248 e. The molecule has 0 aliphatic heterocycles. The number of hydrogen-bond donors (Lipinski definition) is 0. The van der Waals surface area contributed by atoms with Crippen LogP contribution in [-0.4, -0.2) is 4.98 Å². The fraction of sp³-hybridized carbons (Fsp3) is 0.0156. The first kappa shape index (κ1) is 38.3. The molecule has 0 bridgehead atoms. The Labute approximate surface area is 380 Å². The van der Waals surface area contributed by atoms with Crippen LogP contribution in [0.1, 0.15) is 22.3 Å². The molecule has 1 aliphatic carbocycles. The Morgan fingerprint density at radius 3 is 1.31 bits per heavy atom. The molecule has 65 heavy (non-hydrogen) atoms. The van der Waals surface area contributed by atoms with Gasteiger partial charge in [0.15, 0.2) is 0 Å². The van der Waals surface area contributed by atoms with Gasteiger partial charge in [-0.25, -0.2) is 4.98 Å². The van der Waals surface area contributed by atoms with Crippen molar-refractivity contribution >= 4 is 10.8 Å². The van der Waals surface area contributed by atoms with E-state index in [4.69, 9.17) is 4.98 Å². The minimum absolute atomic E-state index is 0.525. The average Bonchev–Trinajstić information content (AvgIpc) is 3.72. The molecule has 0 atom stereocenters. The smallest absolute Gasteiger partial charge is 0.0719 e. The Hall–Kier alpha value is -8.39. The average molecular weight is 826 g/mol. The summed E-state index contributed by atoms with van der Waals surface area (Å²) in [5.74, 6) is 0. The zero-order chi connectivity index (χ0) is 43.2. The lowest BCUT2D eigenvalue weighted by Gasteiger charge is -2.35. The van der Waals surface area contributed by atoms with Gasteiger partial charge in [-0.3, -0.25) is 0 Å². The lowest BCUT2D eigenvalue weighted by molar-refractivity contribution is 0.775. The second kappa shape index (κ2) is 16.1. The SMILES string of the molecule is c1ccc(-c2ccc(-c3cc(-c4cccc(-c5cc6ccccc6c6c5-c5ccccc5C6(c5ccccc5)c5ccccc5)c4)cc(-c4ccc(-c5ccccc5)cc4)n3)cc2)cc1. The van der Waals surface area contributed by atoms with Gasteiger partial charge in [0.25, 0.3) is 0 Å². The van der Waals surface area contributed by atoms with E-state index in [0.717, 1.165) is 33.6 Å². The van der Waals surface area contributed by atoms with Gasteiger partial charge in [0, 0.05) is 11.1 Å². The van der Waals surface area contributed by atoms with Crippen LogP contribution >= 0.6 is 0 Å². The van der Waals surface area contributed by atoms with Crippen molar-refractivity contribution in [3.05, 3.63) is 283 Å². The standard InChI is InChI=1S/C64H43N/c1-5-18-44(19-6-1)46-32-36-48(37-33-46)60-42-53(43-61(65-60)49-38-34-47(35-39-49)45-20-7-2-8-21-45)50-23-17-24-51(40-50)58-41-52-22-13-14-29-56(52)63-62(58)57-30-15-16-31-59(57)64(63,54-25-9-3-10-26-54)55-27-11-4-12-28-55/h1-43H. The van der Waals surface area contributed by atoms with E-state index in [1.54, 1.807) is 0 Å². The Morgan fingerprint density at radius 2 is 0.723 bits per heavy atom. The van der Waals surface area contributed by atoms with E-state index < -0.39 is 5.41 Å². The number of rotatable bonds is 8. The molecule has 0 N–H and O–H groups in total. The number of hydrogen-bond acceptors (Lipinski definition) is 1. The summed E-state index contributed by atoms with van der Waals surface area (Å²) < 4.78 is 0. The number of nitrogens with zero attached hydrogens (tertiary/aromatic N) is 1. The summed E-state index contributed by atoms with van der Waals surface area (Å²) in [5, 5.41) is 2.49. The summed E-state index contributed by atoms with van der Waals surface area (Å²) in [6, 6.07) is 95.1. The highest BCUT2D eigenvalue weighted by Gasteiger charge is 2.48. The second-order valence-corrected chi connectivity index (χ2v) is 17.0. The fourth-order valence-electron chi connectivity index (χ4n) is 10.3. The van der Waals surface area contributed by atoms with Crippen LogP contribution in [0.4, 0.5) is 0 Å². The van der Waals surface area contributed by atoms with Gasteiger partial charge in [-0.05, 0) is 113 Å². The van der Waals surface area contributed by atoms with Gasteiger partial charge >= 0.3 is 0 Å². The first-order valence-electron chi connectivity index (χ1n) is 22.4. The van der Waals surface area contributed by atoms with E-state index in [9.17, 15) is 0 Å². The predicted octanol–water partition coefficient (Wildman–Crippen LogP) is 16.6. The molecule has 0 spiro atoms. The van der Waals surface area contributed by atoms with E-state index >= 15 is 0 Å². The van der Waals surface area contributed by atoms with Gasteiger partial charge in [0.2, 0.25) is 0 Å². The molecule has 1 aromatic heterocycles. The lowest BCUT2D eigenvalue weighted by Crippen LogP contribution is -2.28. The zero-order valence-electron chi connectivity index (χ0n) is 35.8. The molecule has 1 nitrogen and oxygen atoms in total. The van der Waals surface area contributed by atoms with Crippen LogP contribution in [0.5, 0.6) is 0 Å². The van der Waals surface area contributed by atoms with Crippen molar-refractivity contribution in [1.29, 1.82) is 0 Å². The normalized spacial score (nSPS) is 12.4. The molecule has 0 amide bonds. The molecule has 1 aliphatic rings. The van der Waals surface area contributed by atoms with Crippen molar-refractivity contribution in [2.75, 3.05) is 0 Å². The van der Waals surface area contributed by atoms with Crippen molar-refractivity contribution in [2.24, 2.45) is 0 Å². The maximum atomic E-state index is 5.36. The van der Waals surface area contributed by atoms with E-state index in [2.05, 4.69) is 261 Å². The maximum Gasteiger partial charge on any atom is 0.0719 e. The van der Waals surface area contributed by atoms with Gasteiger partial charge in [0.1, 0.15) is 0 Å². The van der Waals surface area contributed by atoms with Gasteiger partial charge < -0.3 is 0 Å². The molecule has 10 aromatic carbocycles. The van der Waals surface area contributed by atoms with Crippen molar-refractivity contribution in [1.82, 2.24) is 4.98 Å². The third-order valence-electron chi connectivity index (χ3n) is 13.3. The van der Waals surface area contributed by atoms with Crippen LogP contribution in [0.3, 0.4) is 0 Å². The third kappa shape index (κ3) is 6.60. The summed E-state index contributed by atoms with van der Waals surface area (Å²) in [6.07, 6.45) is 0. The van der Waals surface area contributed by atoms with Crippen molar-refractivity contribution in [3.8, 4) is 78.1 Å². The number of fused-ring (bicyclic) bond motifs is 5. The summed E-state index contributed by atoms with van der Waals surface area (Å²) in [4.78, 5) is 5.36.